The van der Waals surface area contributed by atoms with Gasteiger partial charge in [0, 0.05) is 13.1 Å². The van der Waals surface area contributed by atoms with Gasteiger partial charge in [-0.05, 0) is 12.8 Å². The summed E-state index contributed by atoms with van der Waals surface area (Å²) in [5, 5.41) is 11.9. The zero-order chi connectivity index (χ0) is 5.28. The first kappa shape index (κ1) is 5.06. The standard InChI is InChI=1S/C5H10NO/c1-4-2-6-3-5(4)7/h4-7H,1-3H2/t4-,5-/m1/s1. The maximum atomic E-state index is 8.87. The molecule has 1 radical (unpaired) electrons. The highest BCUT2D eigenvalue weighted by molar-refractivity contribution is 4.81. The molecule has 0 aromatic carbocycles. The van der Waals surface area contributed by atoms with Crippen molar-refractivity contribution in [1.29, 1.82) is 0 Å². The third kappa shape index (κ3) is 0.924. The first-order valence-corrected chi connectivity index (χ1v) is 2.52. The Hall–Kier alpha value is -0.0800. The minimum Gasteiger partial charge on any atom is -0.391 e. The molecule has 0 amide bonds. The molecule has 1 saturated heterocycles. The van der Waals surface area contributed by atoms with E-state index < -0.39 is 0 Å². The molecule has 0 aliphatic carbocycles. The van der Waals surface area contributed by atoms with Gasteiger partial charge in [-0.15, -0.1) is 0 Å². The normalized spacial score (nSPS) is 42.0. The van der Waals surface area contributed by atoms with E-state index in [4.69, 9.17) is 5.11 Å². The molecule has 1 aliphatic heterocycles. The average molecular weight is 100 g/mol. The highest BCUT2D eigenvalue weighted by atomic mass is 16.3. The fourth-order valence-corrected chi connectivity index (χ4v) is 0.719. The Bertz CT molecular complexity index is 57.1. The summed E-state index contributed by atoms with van der Waals surface area (Å²) in [7, 11) is 0. The molecule has 0 aromatic heterocycles. The smallest absolute Gasteiger partial charge is 0.0704 e. The highest BCUT2D eigenvalue weighted by Crippen LogP contribution is 2.04. The van der Waals surface area contributed by atoms with Crippen LogP contribution in [0, 0.1) is 12.8 Å². The maximum absolute atomic E-state index is 8.87. The number of aliphatic hydroxyl groups is 1. The van der Waals surface area contributed by atoms with Crippen LogP contribution in [0.5, 0.6) is 0 Å². The Morgan fingerprint density at radius 2 is 2.29 bits per heavy atom. The molecule has 1 aliphatic rings. The lowest BCUT2D eigenvalue weighted by Crippen LogP contribution is -2.14. The van der Waals surface area contributed by atoms with Crippen LogP contribution in [0.4, 0.5) is 0 Å². The molecule has 0 saturated carbocycles. The molecule has 0 aromatic rings. The van der Waals surface area contributed by atoms with E-state index in [1.165, 1.54) is 0 Å². The molecule has 2 nitrogen and oxygen atoms in total. The topological polar surface area (TPSA) is 32.3 Å². The van der Waals surface area contributed by atoms with Crippen molar-refractivity contribution in [2.45, 2.75) is 6.10 Å². The molecule has 2 N–H and O–H groups in total. The van der Waals surface area contributed by atoms with Crippen molar-refractivity contribution in [3.63, 3.8) is 0 Å². The van der Waals surface area contributed by atoms with Crippen molar-refractivity contribution >= 4 is 0 Å². The number of nitrogens with one attached hydrogen (secondary N) is 1. The van der Waals surface area contributed by atoms with Gasteiger partial charge in [0.2, 0.25) is 0 Å². The van der Waals surface area contributed by atoms with Crippen LogP contribution in [0.2, 0.25) is 0 Å². The summed E-state index contributed by atoms with van der Waals surface area (Å²) in [6, 6.07) is 0. The number of β-amino-alcohol motifs (C(OH)–C–C–N with tert-alkyl or cyclic N) is 1. The van der Waals surface area contributed by atoms with Crippen LogP contribution < -0.4 is 5.32 Å². The summed E-state index contributed by atoms with van der Waals surface area (Å²) in [6.07, 6.45) is -0.208. The van der Waals surface area contributed by atoms with E-state index >= 15 is 0 Å². The molecule has 2 heteroatoms. The van der Waals surface area contributed by atoms with Crippen molar-refractivity contribution in [2.75, 3.05) is 13.1 Å². The Morgan fingerprint density at radius 1 is 1.57 bits per heavy atom. The maximum Gasteiger partial charge on any atom is 0.0704 e. The van der Waals surface area contributed by atoms with Gasteiger partial charge in [0.15, 0.2) is 0 Å². The van der Waals surface area contributed by atoms with Gasteiger partial charge in [0.25, 0.3) is 0 Å². The van der Waals surface area contributed by atoms with E-state index in [9.17, 15) is 0 Å². The van der Waals surface area contributed by atoms with Crippen LogP contribution in [0.25, 0.3) is 0 Å². The number of hydrogen-bond donors (Lipinski definition) is 2. The largest absolute Gasteiger partial charge is 0.391 e. The third-order valence-corrected chi connectivity index (χ3v) is 1.30. The fourth-order valence-electron chi connectivity index (χ4n) is 0.719. The molecule has 0 bridgehead atoms. The van der Waals surface area contributed by atoms with E-state index in [1.807, 2.05) is 0 Å². The second-order valence-electron chi connectivity index (χ2n) is 1.99. The van der Waals surface area contributed by atoms with Crippen molar-refractivity contribution in [1.82, 2.24) is 5.32 Å². The summed E-state index contributed by atoms with van der Waals surface area (Å²) < 4.78 is 0. The van der Waals surface area contributed by atoms with E-state index in [1.54, 1.807) is 0 Å². The van der Waals surface area contributed by atoms with Crippen molar-refractivity contribution < 1.29 is 5.11 Å². The fraction of sp³-hybridized carbons (Fsp3) is 0.800. The minimum atomic E-state index is -0.208. The molecule has 1 rings (SSSR count). The average Bonchev–Trinajstić information content (AvgIpc) is 1.91. The van der Waals surface area contributed by atoms with Gasteiger partial charge < -0.3 is 10.4 Å². The highest BCUT2D eigenvalue weighted by Gasteiger charge is 2.19. The predicted octanol–water partition coefficient (Wildman–Crippen LogP) is -0.599. The zero-order valence-electron chi connectivity index (χ0n) is 4.22. The predicted molar refractivity (Wildman–Crippen MR) is 27.7 cm³/mol. The monoisotopic (exact) mass is 100 g/mol. The summed E-state index contributed by atoms with van der Waals surface area (Å²) in [4.78, 5) is 0. The molecule has 0 spiro atoms. The first-order valence-electron chi connectivity index (χ1n) is 2.52. The molecule has 41 valence electrons. The van der Waals surface area contributed by atoms with Crippen molar-refractivity contribution in [3.05, 3.63) is 6.92 Å². The van der Waals surface area contributed by atoms with E-state index in [0.29, 0.717) is 6.54 Å². The molecule has 1 heterocycles. The zero-order valence-corrected chi connectivity index (χ0v) is 4.22. The molecule has 7 heavy (non-hydrogen) atoms. The van der Waals surface area contributed by atoms with Crippen molar-refractivity contribution in [2.24, 2.45) is 5.92 Å². The lowest BCUT2D eigenvalue weighted by atomic mass is 10.1. The van der Waals surface area contributed by atoms with Gasteiger partial charge in [-0.25, -0.2) is 0 Å². The lowest BCUT2D eigenvalue weighted by molar-refractivity contribution is 0.166. The van der Waals surface area contributed by atoms with Crippen LogP contribution in [-0.4, -0.2) is 24.3 Å². The van der Waals surface area contributed by atoms with Gasteiger partial charge >= 0.3 is 0 Å². The van der Waals surface area contributed by atoms with E-state index in [-0.39, 0.29) is 12.0 Å². The molecule has 0 unspecified atom stereocenters. The second kappa shape index (κ2) is 1.80. The summed E-state index contributed by atoms with van der Waals surface area (Å²) >= 11 is 0. The Morgan fingerprint density at radius 3 is 2.43 bits per heavy atom. The van der Waals surface area contributed by atoms with E-state index in [0.717, 1.165) is 6.54 Å². The van der Waals surface area contributed by atoms with Crippen LogP contribution in [0.3, 0.4) is 0 Å². The third-order valence-electron chi connectivity index (χ3n) is 1.30. The van der Waals surface area contributed by atoms with Gasteiger partial charge in [-0.3, -0.25) is 0 Å². The summed E-state index contributed by atoms with van der Waals surface area (Å²) in [6.45, 7) is 5.28. The molecule has 1 fully saturated rings. The first-order chi connectivity index (χ1) is 3.30. The summed E-state index contributed by atoms with van der Waals surface area (Å²) in [5.41, 5.74) is 0. The molecule has 2 atom stereocenters. The van der Waals surface area contributed by atoms with Crippen molar-refractivity contribution in [3.8, 4) is 0 Å². The van der Waals surface area contributed by atoms with Gasteiger partial charge in [-0.2, -0.15) is 0 Å². The van der Waals surface area contributed by atoms with Crippen LogP contribution in [-0.2, 0) is 0 Å². The molecular formula is C5H10NO. The Labute approximate surface area is 43.5 Å². The molecular weight excluding hydrogens is 90.1 g/mol. The minimum absolute atomic E-state index is 0.208. The van der Waals surface area contributed by atoms with Crippen LogP contribution >= 0.6 is 0 Å². The van der Waals surface area contributed by atoms with Gasteiger partial charge in [-0.1, -0.05) is 0 Å². The van der Waals surface area contributed by atoms with Gasteiger partial charge in [0.05, 0.1) is 6.10 Å². The lowest BCUT2D eigenvalue weighted by Gasteiger charge is -2.02. The number of hydrogen-bond acceptors (Lipinski definition) is 2. The van der Waals surface area contributed by atoms with Crippen LogP contribution in [0.15, 0.2) is 0 Å². The quantitative estimate of drug-likeness (QED) is 0.426. The SMILES string of the molecule is [CH2][C@@H]1CNC[C@H]1O. The Kier molecular flexibility index (Phi) is 1.30. The van der Waals surface area contributed by atoms with Crippen LogP contribution in [0.1, 0.15) is 0 Å². The summed E-state index contributed by atoms with van der Waals surface area (Å²) in [5.74, 6) is 0.208. The number of rotatable bonds is 0. The van der Waals surface area contributed by atoms with Gasteiger partial charge in [0.1, 0.15) is 0 Å². The van der Waals surface area contributed by atoms with E-state index in [2.05, 4.69) is 12.2 Å². The number of aliphatic hydroxyl groups excluding tert-OH is 1. The second-order valence-corrected chi connectivity index (χ2v) is 1.99. The Balaban J connectivity index is 2.33.